The van der Waals surface area contributed by atoms with Crippen LogP contribution in [0.3, 0.4) is 0 Å². The predicted octanol–water partition coefficient (Wildman–Crippen LogP) is 0.0618. The predicted molar refractivity (Wildman–Crippen MR) is 70.1 cm³/mol. The van der Waals surface area contributed by atoms with Crippen LogP contribution in [0.1, 0.15) is 38.5 Å². The lowest BCUT2D eigenvalue weighted by Gasteiger charge is -2.26. The number of nitrogen functional groups attached to an aromatic ring is 1. The van der Waals surface area contributed by atoms with Crippen molar-refractivity contribution in [2.24, 2.45) is 0 Å². The second-order valence-electron chi connectivity index (χ2n) is 5.22. The summed E-state index contributed by atoms with van der Waals surface area (Å²) in [6.07, 6.45) is 7.28. The third-order valence-electron chi connectivity index (χ3n) is 3.51. The monoisotopic (exact) mass is 267 g/mol. The van der Waals surface area contributed by atoms with Crippen molar-refractivity contribution < 1.29 is 9.90 Å². The van der Waals surface area contributed by atoms with Crippen molar-refractivity contribution in [1.29, 1.82) is 0 Å². The van der Waals surface area contributed by atoms with Crippen molar-refractivity contribution in [3.05, 3.63) is 6.33 Å². The molecule has 0 unspecified atom stereocenters. The van der Waals surface area contributed by atoms with Crippen molar-refractivity contribution in [3.8, 4) is 0 Å². The van der Waals surface area contributed by atoms with Gasteiger partial charge >= 0.3 is 0 Å². The zero-order valence-corrected chi connectivity index (χ0v) is 11.0. The van der Waals surface area contributed by atoms with Crippen LogP contribution in [0.5, 0.6) is 0 Å². The van der Waals surface area contributed by atoms with E-state index in [1.54, 1.807) is 0 Å². The number of rotatable bonds is 4. The molecule has 7 heteroatoms. The number of carbonyl (C=O) groups excluding carboxylic acids is 1. The number of aliphatic hydroxyl groups is 1. The highest BCUT2D eigenvalue weighted by Gasteiger charge is 2.28. The SMILES string of the molecule is Nc1ncn(CC(=O)NCC2(O)CCCCCC2)n1. The fourth-order valence-corrected chi connectivity index (χ4v) is 2.41. The fraction of sp³-hybridized carbons (Fsp3) is 0.750. The van der Waals surface area contributed by atoms with Gasteiger partial charge in [-0.3, -0.25) is 4.79 Å². The number of nitrogens with two attached hydrogens (primary N) is 1. The highest BCUT2D eigenvalue weighted by Crippen LogP contribution is 2.26. The molecule has 4 N–H and O–H groups in total. The van der Waals surface area contributed by atoms with Crippen molar-refractivity contribution in [2.75, 3.05) is 12.3 Å². The largest absolute Gasteiger partial charge is 0.388 e. The van der Waals surface area contributed by atoms with Gasteiger partial charge < -0.3 is 16.2 Å². The van der Waals surface area contributed by atoms with Gasteiger partial charge in [-0.15, -0.1) is 5.10 Å². The van der Waals surface area contributed by atoms with Crippen LogP contribution < -0.4 is 11.1 Å². The first-order chi connectivity index (χ1) is 9.07. The van der Waals surface area contributed by atoms with Gasteiger partial charge in [0.1, 0.15) is 12.9 Å². The van der Waals surface area contributed by atoms with E-state index in [-0.39, 0.29) is 18.4 Å². The van der Waals surface area contributed by atoms with Crippen LogP contribution in [-0.4, -0.2) is 37.9 Å². The molecule has 7 nitrogen and oxygen atoms in total. The molecule has 0 saturated heterocycles. The summed E-state index contributed by atoms with van der Waals surface area (Å²) in [4.78, 5) is 15.5. The van der Waals surface area contributed by atoms with Crippen molar-refractivity contribution >= 4 is 11.9 Å². The molecule has 1 aliphatic rings. The van der Waals surface area contributed by atoms with E-state index in [1.165, 1.54) is 11.0 Å². The van der Waals surface area contributed by atoms with E-state index >= 15 is 0 Å². The third-order valence-corrected chi connectivity index (χ3v) is 3.51. The number of amides is 1. The minimum atomic E-state index is -0.756. The Morgan fingerprint density at radius 2 is 2.11 bits per heavy atom. The molecule has 19 heavy (non-hydrogen) atoms. The molecule has 0 spiro atoms. The molecule has 1 heterocycles. The molecule has 0 atom stereocenters. The van der Waals surface area contributed by atoms with Gasteiger partial charge in [0.05, 0.1) is 5.60 Å². The van der Waals surface area contributed by atoms with Gasteiger partial charge in [-0.25, -0.2) is 9.67 Å². The first kappa shape index (κ1) is 13.8. The standard InChI is InChI=1S/C12H21N5O2/c13-11-15-9-17(16-11)7-10(18)14-8-12(19)5-3-1-2-4-6-12/h9,19H,1-8H2,(H2,13,16)(H,14,18). The minimum absolute atomic E-state index is 0.0697. The van der Waals surface area contributed by atoms with Gasteiger partial charge in [0.15, 0.2) is 0 Å². The average Bonchev–Trinajstić information content (AvgIpc) is 2.64. The number of nitrogens with zero attached hydrogens (tertiary/aromatic N) is 3. The van der Waals surface area contributed by atoms with Crippen molar-refractivity contribution in [3.63, 3.8) is 0 Å². The lowest BCUT2D eigenvalue weighted by molar-refractivity contribution is -0.123. The summed E-state index contributed by atoms with van der Waals surface area (Å²) in [5, 5.41) is 17.0. The number of carbonyl (C=O) groups is 1. The molecular weight excluding hydrogens is 246 g/mol. The van der Waals surface area contributed by atoms with E-state index in [1.807, 2.05) is 0 Å². The van der Waals surface area contributed by atoms with Gasteiger partial charge in [-0.05, 0) is 12.8 Å². The van der Waals surface area contributed by atoms with Gasteiger partial charge in [-0.1, -0.05) is 25.7 Å². The normalized spacial score (nSPS) is 18.8. The first-order valence-electron chi connectivity index (χ1n) is 6.71. The molecule has 106 valence electrons. The van der Waals surface area contributed by atoms with E-state index < -0.39 is 5.60 Å². The topological polar surface area (TPSA) is 106 Å². The zero-order chi connectivity index (χ0) is 13.7. The average molecular weight is 267 g/mol. The highest BCUT2D eigenvalue weighted by atomic mass is 16.3. The maximum absolute atomic E-state index is 11.7. The zero-order valence-electron chi connectivity index (χ0n) is 11.0. The Balaban J connectivity index is 1.79. The summed E-state index contributed by atoms with van der Waals surface area (Å²) in [6, 6.07) is 0. The van der Waals surface area contributed by atoms with Crippen molar-refractivity contribution in [1.82, 2.24) is 20.1 Å². The molecule has 1 amide bonds. The van der Waals surface area contributed by atoms with E-state index in [9.17, 15) is 9.90 Å². The number of aromatic nitrogens is 3. The lowest BCUT2D eigenvalue weighted by Crippen LogP contribution is -2.43. The van der Waals surface area contributed by atoms with Gasteiger partial charge in [0.25, 0.3) is 0 Å². The minimum Gasteiger partial charge on any atom is -0.388 e. The molecule has 0 aromatic carbocycles. The highest BCUT2D eigenvalue weighted by molar-refractivity contribution is 5.75. The number of hydrogen-bond acceptors (Lipinski definition) is 5. The fourth-order valence-electron chi connectivity index (χ4n) is 2.41. The summed E-state index contributed by atoms with van der Waals surface area (Å²) in [5.74, 6) is -0.0437. The lowest BCUT2D eigenvalue weighted by atomic mass is 9.94. The van der Waals surface area contributed by atoms with Crippen LogP contribution in [0.25, 0.3) is 0 Å². The Kier molecular flexibility index (Phi) is 4.36. The molecule has 0 radical (unpaired) electrons. The van der Waals surface area contributed by atoms with E-state index in [4.69, 9.17) is 5.73 Å². The Morgan fingerprint density at radius 1 is 1.42 bits per heavy atom. The molecule has 0 aliphatic heterocycles. The number of nitrogens with one attached hydrogen (secondary N) is 1. The second kappa shape index (κ2) is 6.01. The Labute approximate surface area is 112 Å². The Morgan fingerprint density at radius 3 is 2.68 bits per heavy atom. The quantitative estimate of drug-likeness (QED) is 0.669. The second-order valence-corrected chi connectivity index (χ2v) is 5.22. The van der Waals surface area contributed by atoms with E-state index in [0.717, 1.165) is 38.5 Å². The number of hydrogen-bond donors (Lipinski definition) is 3. The number of anilines is 1. The van der Waals surface area contributed by atoms with Crippen molar-refractivity contribution in [2.45, 2.75) is 50.7 Å². The molecular formula is C12H21N5O2. The molecule has 1 fully saturated rings. The summed E-state index contributed by atoms with van der Waals surface area (Å²) in [6.45, 7) is 0.371. The summed E-state index contributed by atoms with van der Waals surface area (Å²) >= 11 is 0. The van der Waals surface area contributed by atoms with E-state index in [0.29, 0.717) is 6.54 Å². The summed E-state index contributed by atoms with van der Waals surface area (Å²) < 4.78 is 1.38. The first-order valence-corrected chi connectivity index (χ1v) is 6.71. The maximum atomic E-state index is 11.7. The Hall–Kier alpha value is -1.63. The molecule has 1 aromatic heterocycles. The molecule has 1 saturated carbocycles. The maximum Gasteiger partial charge on any atom is 0.241 e. The van der Waals surface area contributed by atoms with Crippen LogP contribution >= 0.6 is 0 Å². The van der Waals surface area contributed by atoms with Crippen LogP contribution in [-0.2, 0) is 11.3 Å². The van der Waals surface area contributed by atoms with Crippen LogP contribution in [0.4, 0.5) is 5.95 Å². The molecule has 2 rings (SSSR count). The van der Waals surface area contributed by atoms with Gasteiger partial charge in [-0.2, -0.15) is 0 Å². The van der Waals surface area contributed by atoms with Crippen LogP contribution in [0, 0.1) is 0 Å². The molecule has 1 aromatic rings. The summed E-state index contributed by atoms with van der Waals surface area (Å²) in [7, 11) is 0. The molecule has 0 bridgehead atoms. The van der Waals surface area contributed by atoms with Crippen LogP contribution in [0.2, 0.25) is 0 Å². The third kappa shape index (κ3) is 4.20. The summed E-state index contributed by atoms with van der Waals surface area (Å²) in [5.41, 5.74) is 4.61. The molecule has 1 aliphatic carbocycles. The van der Waals surface area contributed by atoms with Crippen LogP contribution in [0.15, 0.2) is 6.33 Å². The smallest absolute Gasteiger partial charge is 0.241 e. The van der Waals surface area contributed by atoms with Gasteiger partial charge in [0, 0.05) is 6.54 Å². The van der Waals surface area contributed by atoms with E-state index in [2.05, 4.69) is 15.4 Å². The Bertz CT molecular complexity index is 424. The van der Waals surface area contributed by atoms with Gasteiger partial charge in [0.2, 0.25) is 11.9 Å².